The number of amides is 1. The van der Waals surface area contributed by atoms with E-state index in [4.69, 9.17) is 4.74 Å². The van der Waals surface area contributed by atoms with Crippen molar-refractivity contribution in [3.05, 3.63) is 101 Å². The molecule has 3 aromatic carbocycles. The molecule has 146 valence electrons. The number of fused-ring (bicyclic) bond motifs is 1. The van der Waals surface area contributed by atoms with E-state index >= 15 is 0 Å². The number of rotatable bonds is 4. The monoisotopic (exact) mass is 391 g/mol. The van der Waals surface area contributed by atoms with Gasteiger partial charge in [0.05, 0.1) is 24.9 Å². The molecule has 1 aliphatic heterocycles. The Labute approximate surface area is 167 Å². The molecule has 4 rings (SSSR count). The first kappa shape index (κ1) is 18.8. The summed E-state index contributed by atoms with van der Waals surface area (Å²) in [6.45, 7) is 0.189. The fourth-order valence-electron chi connectivity index (χ4n) is 3.63. The summed E-state index contributed by atoms with van der Waals surface area (Å²) in [6.07, 6.45) is 0. The number of benzene rings is 3. The van der Waals surface area contributed by atoms with Gasteiger partial charge in [-0.1, -0.05) is 42.5 Å². The molecule has 0 radical (unpaired) electrons. The minimum absolute atomic E-state index is 0.179. The summed E-state index contributed by atoms with van der Waals surface area (Å²) in [4.78, 5) is 26.4. The first-order valence-electron chi connectivity index (χ1n) is 9.02. The van der Waals surface area contributed by atoms with Crippen molar-refractivity contribution in [2.75, 3.05) is 12.0 Å². The van der Waals surface area contributed by atoms with Crippen molar-refractivity contribution >= 4 is 17.6 Å². The highest BCUT2D eigenvalue weighted by Gasteiger charge is 2.51. The Kier molecular flexibility index (Phi) is 4.64. The average Bonchev–Trinajstić information content (AvgIpc) is 2.97. The highest BCUT2D eigenvalue weighted by molar-refractivity contribution is 6.09. The topological polar surface area (TPSA) is 66.8 Å². The summed E-state index contributed by atoms with van der Waals surface area (Å²) in [5.41, 5.74) is 0.344. The van der Waals surface area contributed by atoms with E-state index in [2.05, 4.69) is 0 Å². The van der Waals surface area contributed by atoms with Crippen molar-refractivity contribution in [1.82, 2.24) is 0 Å². The Hall–Kier alpha value is -3.51. The largest absolute Gasteiger partial charge is 0.465 e. The van der Waals surface area contributed by atoms with Crippen LogP contribution < -0.4 is 4.90 Å². The van der Waals surface area contributed by atoms with Crippen molar-refractivity contribution in [3.63, 3.8) is 0 Å². The maximum Gasteiger partial charge on any atom is 0.337 e. The lowest BCUT2D eigenvalue weighted by atomic mass is 9.87. The summed E-state index contributed by atoms with van der Waals surface area (Å²) in [7, 11) is 1.31. The van der Waals surface area contributed by atoms with E-state index in [1.165, 1.54) is 36.3 Å². The van der Waals surface area contributed by atoms with E-state index < -0.39 is 23.3 Å². The van der Waals surface area contributed by atoms with Crippen LogP contribution in [0, 0.1) is 5.82 Å². The fourth-order valence-corrected chi connectivity index (χ4v) is 3.63. The summed E-state index contributed by atoms with van der Waals surface area (Å²) in [5, 5.41) is 11.4. The summed E-state index contributed by atoms with van der Waals surface area (Å²) in [5.74, 6) is -1.53. The zero-order valence-corrected chi connectivity index (χ0v) is 15.6. The molecule has 3 aromatic rings. The van der Waals surface area contributed by atoms with Crippen LogP contribution in [0.2, 0.25) is 0 Å². The van der Waals surface area contributed by atoms with Crippen molar-refractivity contribution in [2.45, 2.75) is 12.1 Å². The van der Waals surface area contributed by atoms with Crippen LogP contribution in [0.15, 0.2) is 72.8 Å². The van der Waals surface area contributed by atoms with E-state index in [-0.39, 0.29) is 12.1 Å². The summed E-state index contributed by atoms with van der Waals surface area (Å²) >= 11 is 0. The number of nitrogens with zero attached hydrogens (tertiary/aromatic N) is 1. The summed E-state index contributed by atoms with van der Waals surface area (Å²) in [6, 6.07) is 19.0. The van der Waals surface area contributed by atoms with Crippen LogP contribution in [-0.4, -0.2) is 24.1 Å². The van der Waals surface area contributed by atoms with Crippen LogP contribution in [0.25, 0.3) is 0 Å². The molecule has 0 spiro atoms. The van der Waals surface area contributed by atoms with Crippen molar-refractivity contribution < 1.29 is 23.8 Å². The number of anilines is 1. The Balaban J connectivity index is 1.72. The number of aliphatic hydroxyl groups is 1. The minimum Gasteiger partial charge on any atom is -0.465 e. The third-order valence-corrected chi connectivity index (χ3v) is 5.10. The first-order valence-corrected chi connectivity index (χ1v) is 9.02. The lowest BCUT2D eigenvalue weighted by Crippen LogP contribution is -2.41. The van der Waals surface area contributed by atoms with Crippen LogP contribution in [-0.2, 0) is 21.7 Å². The smallest absolute Gasteiger partial charge is 0.337 e. The highest BCUT2D eigenvalue weighted by atomic mass is 19.1. The molecule has 6 heteroatoms. The van der Waals surface area contributed by atoms with Crippen molar-refractivity contribution in [1.29, 1.82) is 0 Å². The van der Waals surface area contributed by atoms with Crippen LogP contribution in [0.1, 0.15) is 27.0 Å². The number of hydrogen-bond donors (Lipinski definition) is 1. The number of para-hydroxylation sites is 1. The summed E-state index contributed by atoms with van der Waals surface area (Å²) < 4.78 is 18.5. The van der Waals surface area contributed by atoms with Crippen molar-refractivity contribution in [3.8, 4) is 0 Å². The van der Waals surface area contributed by atoms with Crippen LogP contribution in [0.3, 0.4) is 0 Å². The van der Waals surface area contributed by atoms with E-state index in [9.17, 15) is 19.1 Å². The van der Waals surface area contributed by atoms with Gasteiger partial charge in [0.25, 0.3) is 5.91 Å². The van der Waals surface area contributed by atoms with Gasteiger partial charge in [-0.25, -0.2) is 9.18 Å². The van der Waals surface area contributed by atoms with Crippen LogP contribution in [0.4, 0.5) is 10.1 Å². The number of hydrogen-bond acceptors (Lipinski definition) is 4. The van der Waals surface area contributed by atoms with Gasteiger partial charge in [-0.2, -0.15) is 0 Å². The molecule has 1 aliphatic rings. The zero-order chi connectivity index (χ0) is 20.6. The van der Waals surface area contributed by atoms with Gasteiger partial charge in [0, 0.05) is 11.1 Å². The molecule has 0 unspecified atom stereocenters. The molecule has 0 bridgehead atoms. The van der Waals surface area contributed by atoms with Gasteiger partial charge in [0.15, 0.2) is 5.60 Å². The molecule has 0 fully saturated rings. The molecule has 0 aromatic heterocycles. The molecule has 0 saturated heterocycles. The molecular weight excluding hydrogens is 373 g/mol. The second-order valence-corrected chi connectivity index (χ2v) is 6.82. The second kappa shape index (κ2) is 7.14. The molecule has 0 aliphatic carbocycles. The Bertz CT molecular complexity index is 1100. The molecule has 1 amide bonds. The lowest BCUT2D eigenvalue weighted by Gasteiger charge is -2.24. The van der Waals surface area contributed by atoms with Gasteiger partial charge in [0.2, 0.25) is 0 Å². The second-order valence-electron chi connectivity index (χ2n) is 6.82. The Morgan fingerprint density at radius 3 is 2.48 bits per heavy atom. The zero-order valence-electron chi connectivity index (χ0n) is 15.6. The molecule has 1 heterocycles. The highest BCUT2D eigenvalue weighted by Crippen LogP contribution is 2.45. The first-order chi connectivity index (χ1) is 13.9. The van der Waals surface area contributed by atoms with Gasteiger partial charge >= 0.3 is 5.97 Å². The molecule has 1 N–H and O–H groups in total. The third kappa shape index (κ3) is 3.07. The third-order valence-electron chi connectivity index (χ3n) is 5.10. The molecule has 5 nitrogen and oxygen atoms in total. The van der Waals surface area contributed by atoms with Gasteiger partial charge in [-0.3, -0.25) is 4.79 Å². The molecular formula is C23H18FNO4. The van der Waals surface area contributed by atoms with Gasteiger partial charge < -0.3 is 14.7 Å². The number of carbonyl (C=O) groups excluding carboxylic acids is 2. The van der Waals surface area contributed by atoms with Crippen LogP contribution in [0.5, 0.6) is 0 Å². The van der Waals surface area contributed by atoms with E-state index in [0.717, 1.165) is 5.56 Å². The number of ether oxygens (including phenoxy) is 1. The normalized spacial score (nSPS) is 17.9. The van der Waals surface area contributed by atoms with E-state index in [0.29, 0.717) is 16.8 Å². The molecule has 29 heavy (non-hydrogen) atoms. The Morgan fingerprint density at radius 1 is 1.07 bits per heavy atom. The molecule has 1 atom stereocenters. The number of carbonyl (C=O) groups is 2. The SMILES string of the molecule is COC(=O)c1ccc(CN2C(=O)[C@](O)(c3cccc(F)c3)c3ccccc32)cc1. The Morgan fingerprint density at radius 2 is 1.79 bits per heavy atom. The standard InChI is InChI=1S/C23H18FNO4/c1-29-21(26)16-11-9-15(10-12-16)14-25-20-8-3-2-7-19(20)23(28,22(25)27)17-5-4-6-18(24)13-17/h2-13,28H,14H2,1H3/t23-/m0/s1. The predicted molar refractivity (Wildman–Crippen MR) is 105 cm³/mol. The van der Waals surface area contributed by atoms with Gasteiger partial charge in [-0.05, 0) is 35.9 Å². The predicted octanol–water partition coefficient (Wildman–Crippen LogP) is 3.40. The minimum atomic E-state index is -1.97. The number of methoxy groups -OCH3 is 1. The van der Waals surface area contributed by atoms with Gasteiger partial charge in [0.1, 0.15) is 5.82 Å². The van der Waals surface area contributed by atoms with E-state index in [1.54, 1.807) is 48.5 Å². The average molecular weight is 391 g/mol. The van der Waals surface area contributed by atoms with Crippen molar-refractivity contribution in [2.24, 2.45) is 0 Å². The maximum atomic E-state index is 13.8. The maximum absolute atomic E-state index is 13.8. The van der Waals surface area contributed by atoms with Crippen LogP contribution >= 0.6 is 0 Å². The number of halogens is 1. The van der Waals surface area contributed by atoms with E-state index in [1.807, 2.05) is 0 Å². The quantitative estimate of drug-likeness (QED) is 0.693. The number of esters is 1. The lowest BCUT2D eigenvalue weighted by molar-refractivity contribution is -0.132. The van der Waals surface area contributed by atoms with Gasteiger partial charge in [-0.15, -0.1) is 0 Å². The molecule has 0 saturated carbocycles. The fraction of sp³-hybridized carbons (Fsp3) is 0.130.